The van der Waals surface area contributed by atoms with Crippen LogP contribution in [-0.2, 0) is 53.4 Å². The molecule has 15 aromatic rings. The Morgan fingerprint density at radius 1 is 0.432 bits per heavy atom. The summed E-state index contributed by atoms with van der Waals surface area (Å²) < 4.78 is 96.1. The summed E-state index contributed by atoms with van der Waals surface area (Å²) in [6.45, 7) is 4.97. The molecule has 11 aromatic carbocycles. The Bertz CT molecular complexity index is 6790. The molecule has 0 spiro atoms. The van der Waals surface area contributed by atoms with E-state index in [4.69, 9.17) is 47.0 Å². The third-order valence-electron chi connectivity index (χ3n) is 25.0. The van der Waals surface area contributed by atoms with Gasteiger partial charge in [-0.25, -0.2) is 9.97 Å². The average molecular weight is 1680 g/mol. The summed E-state index contributed by atoms with van der Waals surface area (Å²) in [4.78, 5) is 68.1. The number of ether oxygens (including phenoxy) is 9. The third-order valence-corrected chi connectivity index (χ3v) is 25.0. The van der Waals surface area contributed by atoms with Crippen LogP contribution in [0.5, 0.6) is 51.9 Å². The number of rotatable bonds is 18. The molecule has 5 N–H and O–H groups in total. The van der Waals surface area contributed by atoms with Crippen LogP contribution in [0.3, 0.4) is 0 Å². The van der Waals surface area contributed by atoms with Gasteiger partial charge in [0.2, 0.25) is 56.7 Å². The number of hydrogen-bond acceptors (Lipinski definition) is 16. The first-order chi connectivity index (χ1) is 60.8. The minimum atomic E-state index is -4.53. The lowest BCUT2D eigenvalue weighted by Gasteiger charge is -2.19. The van der Waals surface area contributed by atoms with E-state index in [2.05, 4.69) is 79.2 Å². The number of carbonyl (C=O) groups excluding carboxylic acids is 4. The fourth-order valence-corrected chi connectivity index (χ4v) is 17.2. The summed E-state index contributed by atoms with van der Waals surface area (Å²) in [5.74, 6) is 6.75. The highest BCUT2D eigenvalue weighted by atomic mass is 19.4. The van der Waals surface area contributed by atoms with Crippen molar-refractivity contribution in [2.75, 3.05) is 50.2 Å². The number of aromatic nitrogens is 4. The Labute approximate surface area is 721 Å². The molecule has 125 heavy (non-hydrogen) atoms. The van der Waals surface area contributed by atoms with Crippen molar-refractivity contribution in [1.29, 1.82) is 0 Å². The van der Waals surface area contributed by atoms with Gasteiger partial charge in [-0.15, -0.1) is 0 Å². The van der Waals surface area contributed by atoms with Crippen LogP contribution in [0.15, 0.2) is 260 Å². The minimum Gasteiger partial charge on any atom is -0.481 e. The van der Waals surface area contributed by atoms with Gasteiger partial charge in [-0.3, -0.25) is 19.2 Å². The zero-order valence-corrected chi connectivity index (χ0v) is 68.2. The lowest BCUT2D eigenvalue weighted by atomic mass is 9.87. The zero-order chi connectivity index (χ0) is 85.4. The van der Waals surface area contributed by atoms with E-state index in [0.29, 0.717) is 65.3 Å². The van der Waals surface area contributed by atoms with E-state index in [9.17, 15) is 32.3 Å². The van der Waals surface area contributed by atoms with Gasteiger partial charge in [-0.2, -0.15) is 13.2 Å². The molecule has 8 aliphatic rings. The molecule has 4 aliphatic carbocycles. The summed E-state index contributed by atoms with van der Waals surface area (Å²) in [7, 11) is 1.61. The van der Waals surface area contributed by atoms with Gasteiger partial charge in [0.1, 0.15) is 11.3 Å². The van der Waals surface area contributed by atoms with Gasteiger partial charge in [0.05, 0.1) is 34.3 Å². The number of alkyl halides is 3. The number of anilines is 3. The van der Waals surface area contributed by atoms with E-state index in [1.165, 1.54) is 23.1 Å². The van der Waals surface area contributed by atoms with Crippen molar-refractivity contribution in [3.63, 3.8) is 0 Å². The van der Waals surface area contributed by atoms with Gasteiger partial charge in [-0.05, 0) is 295 Å². The van der Waals surface area contributed by atoms with Crippen LogP contribution >= 0.6 is 0 Å². The van der Waals surface area contributed by atoms with Crippen LogP contribution < -0.4 is 58.6 Å². The number of nitrogens with zero attached hydrogens (tertiary/aromatic N) is 2. The number of pyridine rings is 1. The molecule has 0 atom stereocenters. The molecule has 4 saturated carbocycles. The monoisotopic (exact) mass is 1680 g/mol. The van der Waals surface area contributed by atoms with E-state index < -0.39 is 28.0 Å². The van der Waals surface area contributed by atoms with E-state index in [1.54, 1.807) is 55.9 Å². The number of para-hydroxylation sites is 2. The molecule has 0 bridgehead atoms. The second-order valence-corrected chi connectivity index (χ2v) is 32.6. The van der Waals surface area contributed by atoms with Crippen molar-refractivity contribution < 1.29 is 85.1 Å². The first-order valence-corrected chi connectivity index (χ1v) is 41.4. The van der Waals surface area contributed by atoms with Crippen LogP contribution in [0.2, 0.25) is 0 Å². The number of ketones is 1. The number of halogens is 3. The summed E-state index contributed by atoms with van der Waals surface area (Å²) in [5.41, 5.74) is 15.1. The Morgan fingerprint density at radius 3 is 1.41 bits per heavy atom. The molecule has 21 nitrogen and oxygen atoms in total. The Balaban J connectivity index is 0.000000125. The highest BCUT2D eigenvalue weighted by Crippen LogP contribution is 2.56. The van der Waals surface area contributed by atoms with Crippen LogP contribution in [0.1, 0.15) is 102 Å². The SMILES string of the molecule is COc1ncccc1-c1cc(NC(=O)C2(c3ccc4c(c3)OCO4)CC2)ccc1C.Cc1ccc(NC(=O)C2(c3ccc4c(c3)OCO4)CC2)cc1-c1cccc2[nH]ccc12.O=C(Cc1ccc(-c2nc3ccccc3o2)cc1)C1(c2ccc3c(c2)OCO3)CC1.O=C(Nc1ccc(C(F)(F)F)c(-c2ccc3[nH]ccc3c2)c1)C1(c2ccc3c(c2)OCO3)CC1.[HH].[HH].[HH].[HH]. The van der Waals surface area contributed by atoms with Gasteiger partial charge in [-0.1, -0.05) is 78.9 Å². The number of nitrogens with one attached hydrogen (secondary N) is 5. The summed E-state index contributed by atoms with van der Waals surface area (Å²) in [6, 6.07) is 73.3. The number of hydrogen-bond donors (Lipinski definition) is 5. The maximum atomic E-state index is 13.8. The lowest BCUT2D eigenvalue weighted by Crippen LogP contribution is -2.27. The van der Waals surface area contributed by atoms with Crippen molar-refractivity contribution in [2.24, 2.45) is 0 Å². The van der Waals surface area contributed by atoms with Crippen LogP contribution in [-0.4, -0.2) is 77.7 Å². The summed E-state index contributed by atoms with van der Waals surface area (Å²) in [6.07, 6.45) is 7.62. The fourth-order valence-electron chi connectivity index (χ4n) is 17.2. The van der Waals surface area contributed by atoms with Gasteiger partial charge in [0, 0.05) is 75.3 Å². The molecule has 4 aliphatic heterocycles. The van der Waals surface area contributed by atoms with Gasteiger partial charge < -0.3 is 73.0 Å². The van der Waals surface area contributed by atoms with Crippen molar-refractivity contribution >= 4 is 73.5 Å². The molecule has 3 amide bonds. The highest BCUT2D eigenvalue weighted by molar-refractivity contribution is 6.05. The highest BCUT2D eigenvalue weighted by Gasteiger charge is 2.55. The molecule has 4 fully saturated rings. The van der Waals surface area contributed by atoms with E-state index in [0.717, 1.165) is 168 Å². The van der Waals surface area contributed by atoms with Crippen LogP contribution in [0, 0.1) is 13.8 Å². The number of oxazole rings is 1. The first kappa shape index (κ1) is 78.7. The number of methoxy groups -OCH3 is 1. The van der Waals surface area contributed by atoms with Crippen molar-refractivity contribution in [1.82, 2.24) is 19.9 Å². The number of benzene rings is 11. The second-order valence-electron chi connectivity index (χ2n) is 32.6. The summed E-state index contributed by atoms with van der Waals surface area (Å²) in [5, 5.41) is 11.1. The molecular formula is C101H90F3N7O14. The number of carbonyl (C=O) groups is 4. The first-order valence-electron chi connectivity index (χ1n) is 41.4. The normalized spacial score (nSPS) is 15.8. The smallest absolute Gasteiger partial charge is 0.417 e. The quantitative estimate of drug-likeness (QED) is 0.0535. The zero-order valence-electron chi connectivity index (χ0n) is 68.2. The Kier molecular flexibility index (Phi) is 19.9. The van der Waals surface area contributed by atoms with Crippen LogP contribution in [0.4, 0.5) is 30.2 Å². The topological polar surface area (TPSA) is 258 Å². The predicted octanol–water partition coefficient (Wildman–Crippen LogP) is 22.3. The molecule has 4 aromatic heterocycles. The van der Waals surface area contributed by atoms with Crippen molar-refractivity contribution in [2.45, 2.75) is 99.5 Å². The van der Waals surface area contributed by atoms with Gasteiger partial charge in [0.25, 0.3) is 0 Å². The maximum Gasteiger partial charge on any atom is 0.417 e. The fraction of sp³-hybridized carbons (Fsp3) is 0.208. The molecule has 0 saturated heterocycles. The number of H-pyrrole nitrogens is 2. The molecule has 23 rings (SSSR count). The van der Waals surface area contributed by atoms with Gasteiger partial charge >= 0.3 is 6.18 Å². The Morgan fingerprint density at radius 2 is 0.896 bits per heavy atom. The average Bonchev–Trinajstić information content (AvgIpc) is 1.59. The van der Waals surface area contributed by atoms with Crippen molar-refractivity contribution in [3.8, 4) is 96.7 Å². The predicted molar refractivity (Wildman–Crippen MR) is 475 cm³/mol. The molecule has 24 heteroatoms. The largest absolute Gasteiger partial charge is 0.481 e. The molecule has 0 radical (unpaired) electrons. The molecule has 634 valence electrons. The lowest BCUT2D eigenvalue weighted by molar-refractivity contribution is -0.137. The standard InChI is InChI=1S/C26H19F3N2O3.C26H22N2O3.C25H19NO4.C24H22N2O4.4H2/c27-26(28,29)20-4-3-18(13-19(20)15-1-5-21-16(11-15)7-10-30-21)31-24(32)25(8-9-25)17-2-6-22-23(12-17)34-14-33-22;1-16-5-7-18(14-21(16)19-3-2-4-22-20(19)9-12-27-22)28-25(29)26(10-11-26)17-6-8-23-24(13-17)31-15-30-23;27-23(25(11-12-25)18-9-10-21-22(14-18)29-15-28-21)13-16-5-7-17(8-6-16)24-26-19-3-1-2-4-20(19)30-24;1-15-5-7-17(13-19(15)18-4-3-11-25-22(18)28-2)26-23(27)24(9-10-24)16-6-8-20-21(12-16)30-14-29-20;;;;/h1-7,10-13,30H,8-9,14H2,(H,31,32);2-9,12-14,27H,10-11,15H2,1H3,(H,28,29);1-10,14H,11-13,15H2;3-8,11-13H,9-10,14H2,1-2H3,(H,26,27);4*1H. The van der Waals surface area contributed by atoms with E-state index in [-0.39, 0.29) is 67.4 Å². The number of Topliss-reactive ketones (excluding diaryl/α,β-unsaturated/α-hetero) is 1. The maximum absolute atomic E-state index is 13.8. The minimum absolute atomic E-state index is 0. The Hall–Kier alpha value is -14.8. The summed E-state index contributed by atoms with van der Waals surface area (Å²) >= 11 is 0. The number of aromatic amines is 2. The van der Waals surface area contributed by atoms with Gasteiger partial charge in [0.15, 0.2) is 51.6 Å². The van der Waals surface area contributed by atoms with E-state index >= 15 is 0 Å². The third kappa shape index (κ3) is 15.2. The van der Waals surface area contributed by atoms with Crippen molar-refractivity contribution in [3.05, 3.63) is 300 Å². The number of fused-ring (bicyclic) bond motifs is 7. The van der Waals surface area contributed by atoms with Crippen LogP contribution in [0.25, 0.3) is 77.7 Å². The molecule has 0 unspecified atom stereocenters. The van der Waals surface area contributed by atoms with E-state index in [1.807, 2.05) is 159 Å². The molecular weight excluding hydrogens is 1590 g/mol. The number of amides is 3. The molecule has 8 heterocycles. The second kappa shape index (κ2) is 31.6. The number of aryl methyl sites for hydroxylation is 2.